The Hall–Kier alpha value is -0.790. The summed E-state index contributed by atoms with van der Waals surface area (Å²) in [7, 11) is 0. The van der Waals surface area contributed by atoms with Gasteiger partial charge in [0.25, 0.3) is 0 Å². The highest BCUT2D eigenvalue weighted by Gasteiger charge is 2.64. The Balaban J connectivity index is 1.47. The predicted molar refractivity (Wildman–Crippen MR) is 136 cm³/mol. The van der Waals surface area contributed by atoms with Crippen molar-refractivity contribution in [2.75, 3.05) is 0 Å². The number of hydrogen-bond acceptors (Lipinski definition) is 2. The van der Waals surface area contributed by atoms with Crippen LogP contribution in [-0.2, 0) is 9.53 Å². The molecule has 0 amide bonds. The van der Waals surface area contributed by atoms with Crippen molar-refractivity contribution in [2.45, 2.75) is 126 Å². The fraction of sp³-hybridized carbons (Fsp3) is 0.903. The minimum absolute atomic E-state index is 0.0593. The largest absolute Gasteiger partial charge is 0.462 e. The van der Waals surface area contributed by atoms with Crippen LogP contribution in [0.5, 0.6) is 0 Å². The monoisotopic (exact) mass is 454 g/mol. The molecule has 0 aromatic rings. The first-order valence-electron chi connectivity index (χ1n) is 14.1. The van der Waals surface area contributed by atoms with Crippen molar-refractivity contribution in [3.63, 3.8) is 0 Å². The number of esters is 1. The first-order valence-corrected chi connectivity index (χ1v) is 14.1. The van der Waals surface area contributed by atoms with Gasteiger partial charge in [0.15, 0.2) is 0 Å². The molecule has 8 atom stereocenters. The fourth-order valence-electron chi connectivity index (χ4n) is 10.6. The highest BCUT2D eigenvalue weighted by Crippen LogP contribution is 2.72. The Morgan fingerprint density at radius 3 is 2.30 bits per heavy atom. The second-order valence-electron chi connectivity index (χ2n) is 15.2. The van der Waals surface area contributed by atoms with Crippen molar-refractivity contribution in [1.82, 2.24) is 0 Å². The Bertz CT molecular complexity index is 851. The van der Waals surface area contributed by atoms with Gasteiger partial charge in [-0.1, -0.05) is 60.1 Å². The Morgan fingerprint density at radius 1 is 0.879 bits per heavy atom. The molecule has 5 rings (SSSR count). The Morgan fingerprint density at radius 2 is 1.61 bits per heavy atom. The Labute approximate surface area is 203 Å². The smallest absolute Gasteiger partial charge is 0.302 e. The summed E-state index contributed by atoms with van der Waals surface area (Å²) < 4.78 is 5.89. The molecule has 0 spiro atoms. The molecule has 0 bridgehead atoms. The van der Waals surface area contributed by atoms with E-state index in [1.54, 1.807) is 6.92 Å². The van der Waals surface area contributed by atoms with Crippen LogP contribution in [-0.4, -0.2) is 12.1 Å². The summed E-state index contributed by atoms with van der Waals surface area (Å²) >= 11 is 0. The third-order valence-electron chi connectivity index (χ3n) is 12.4. The van der Waals surface area contributed by atoms with E-state index in [0.717, 1.165) is 24.2 Å². The van der Waals surface area contributed by atoms with Crippen molar-refractivity contribution in [1.29, 1.82) is 0 Å². The maximum Gasteiger partial charge on any atom is 0.302 e. The van der Waals surface area contributed by atoms with E-state index >= 15 is 0 Å². The quantitative estimate of drug-likeness (QED) is 0.294. The second-order valence-corrected chi connectivity index (χ2v) is 15.2. The molecule has 0 aliphatic heterocycles. The summed E-state index contributed by atoms with van der Waals surface area (Å²) in [5.41, 5.74) is 3.68. The lowest BCUT2D eigenvalue weighted by Crippen LogP contribution is -2.61. The van der Waals surface area contributed by atoms with E-state index in [9.17, 15) is 4.79 Å². The molecule has 0 heterocycles. The van der Waals surface area contributed by atoms with E-state index in [1.165, 1.54) is 57.8 Å². The van der Waals surface area contributed by atoms with E-state index in [4.69, 9.17) is 4.74 Å². The van der Waals surface area contributed by atoms with Crippen molar-refractivity contribution >= 4 is 5.97 Å². The van der Waals surface area contributed by atoms with Crippen molar-refractivity contribution < 1.29 is 9.53 Å². The molecule has 0 aromatic carbocycles. The number of rotatable bonds is 1. The molecule has 33 heavy (non-hydrogen) atoms. The van der Waals surface area contributed by atoms with Gasteiger partial charge in [0, 0.05) is 12.3 Å². The van der Waals surface area contributed by atoms with Crippen molar-refractivity contribution in [3.8, 4) is 0 Å². The molecule has 5 aliphatic carbocycles. The van der Waals surface area contributed by atoms with Crippen LogP contribution in [0.15, 0.2) is 11.6 Å². The van der Waals surface area contributed by atoms with Crippen LogP contribution in [0.2, 0.25) is 0 Å². The average molecular weight is 455 g/mol. The highest BCUT2D eigenvalue weighted by atomic mass is 16.5. The first kappa shape index (κ1) is 23.9. The molecule has 2 nitrogen and oxygen atoms in total. The topological polar surface area (TPSA) is 26.3 Å². The summed E-state index contributed by atoms with van der Waals surface area (Å²) in [5, 5.41) is 0. The normalized spacial score (nSPS) is 50.1. The first-order chi connectivity index (χ1) is 15.2. The van der Waals surface area contributed by atoms with Crippen LogP contribution in [0.1, 0.15) is 120 Å². The van der Waals surface area contributed by atoms with Gasteiger partial charge in [-0.25, -0.2) is 0 Å². The summed E-state index contributed by atoms with van der Waals surface area (Å²) in [4.78, 5) is 11.8. The van der Waals surface area contributed by atoms with Gasteiger partial charge in [0.2, 0.25) is 0 Å². The van der Waals surface area contributed by atoms with Gasteiger partial charge in [0.1, 0.15) is 6.10 Å². The fourth-order valence-corrected chi connectivity index (χ4v) is 10.6. The number of allylic oxidation sites excluding steroid dienone is 2. The molecular weight excluding hydrogens is 404 g/mol. The van der Waals surface area contributed by atoms with E-state index in [-0.39, 0.29) is 17.5 Å². The lowest BCUT2D eigenvalue weighted by molar-refractivity contribution is -0.194. The maximum absolute atomic E-state index is 11.8. The summed E-state index contributed by atoms with van der Waals surface area (Å²) in [5.74, 6) is 2.99. The van der Waals surface area contributed by atoms with Gasteiger partial charge in [-0.15, -0.1) is 0 Å². The molecular formula is C31H50O2. The van der Waals surface area contributed by atoms with Crippen LogP contribution in [0.25, 0.3) is 0 Å². The molecule has 4 fully saturated rings. The highest BCUT2D eigenvalue weighted by molar-refractivity contribution is 5.66. The minimum Gasteiger partial charge on any atom is -0.462 e. The number of ether oxygens (including phenoxy) is 1. The summed E-state index contributed by atoms with van der Waals surface area (Å²) in [6, 6.07) is 0. The van der Waals surface area contributed by atoms with Crippen molar-refractivity contribution in [2.24, 2.45) is 50.7 Å². The third-order valence-corrected chi connectivity index (χ3v) is 12.4. The van der Waals surface area contributed by atoms with E-state index in [0.29, 0.717) is 27.6 Å². The zero-order chi connectivity index (χ0) is 24.0. The van der Waals surface area contributed by atoms with Crippen LogP contribution >= 0.6 is 0 Å². The van der Waals surface area contributed by atoms with E-state index in [2.05, 4.69) is 54.5 Å². The third kappa shape index (κ3) is 3.42. The number of carbonyl (C=O) groups is 1. The predicted octanol–water partition coefficient (Wildman–Crippen LogP) is 8.35. The average Bonchev–Trinajstić information content (AvgIpc) is 2.70. The van der Waals surface area contributed by atoms with Crippen molar-refractivity contribution in [3.05, 3.63) is 11.6 Å². The van der Waals surface area contributed by atoms with Gasteiger partial charge >= 0.3 is 5.97 Å². The molecule has 0 saturated heterocycles. The van der Waals surface area contributed by atoms with E-state index < -0.39 is 0 Å². The van der Waals surface area contributed by atoms with Crippen LogP contribution < -0.4 is 0 Å². The second kappa shape index (κ2) is 7.36. The molecule has 0 N–H and O–H groups in total. The van der Waals surface area contributed by atoms with Gasteiger partial charge in [-0.2, -0.15) is 0 Å². The number of hydrogen-bond donors (Lipinski definition) is 0. The maximum atomic E-state index is 11.8. The molecule has 0 radical (unpaired) electrons. The zero-order valence-electron chi connectivity index (χ0n) is 22.9. The molecule has 0 aromatic heterocycles. The standard InChI is InChI=1S/C31H50O2/c1-20(32)33-26-13-16-31(8)24(28(26,4)5)12-15-30(7)22-11-14-29(6)18-17-27(2,3)19-23(29)21(22)9-10-25(30)31/h11,21,23-26H,9-10,12-19H2,1-8H3/t21-,23-,24-,25-,26-,29-,30-,31-/m0/s1. The number of fused-ring (bicyclic) bond motifs is 7. The minimum atomic E-state index is -0.108. The molecule has 0 unspecified atom stereocenters. The van der Waals surface area contributed by atoms with Gasteiger partial charge < -0.3 is 4.74 Å². The molecule has 2 heteroatoms. The van der Waals surface area contributed by atoms with Crippen LogP contribution in [0.4, 0.5) is 0 Å². The summed E-state index contributed by atoms with van der Waals surface area (Å²) in [6.07, 6.45) is 16.0. The van der Waals surface area contributed by atoms with Crippen LogP contribution in [0, 0.1) is 50.7 Å². The number of carbonyl (C=O) groups excluding carboxylic acids is 1. The zero-order valence-corrected chi connectivity index (χ0v) is 22.9. The lowest BCUT2D eigenvalue weighted by atomic mass is 9.37. The molecule has 5 aliphatic rings. The molecule has 186 valence electrons. The molecule has 4 saturated carbocycles. The van der Waals surface area contributed by atoms with Gasteiger partial charge in [0.05, 0.1) is 0 Å². The SMILES string of the molecule is CC(=O)O[C@H]1CC[C@]2(C)[C@H]3CC[C@H]4C(=CC[C@@]5(C)CCC(C)(C)C[C@@H]45)[C@]3(C)CC[C@H]2C1(C)C. The van der Waals surface area contributed by atoms with Gasteiger partial charge in [-0.3, -0.25) is 4.79 Å². The van der Waals surface area contributed by atoms with Crippen LogP contribution in [0.3, 0.4) is 0 Å². The Kier molecular flexibility index (Phi) is 5.34. The van der Waals surface area contributed by atoms with E-state index in [1.807, 2.05) is 5.57 Å². The summed E-state index contributed by atoms with van der Waals surface area (Å²) in [6.45, 7) is 19.3. The lowest BCUT2D eigenvalue weighted by Gasteiger charge is -2.68. The van der Waals surface area contributed by atoms with Gasteiger partial charge in [-0.05, 0) is 110 Å².